The van der Waals surface area contributed by atoms with E-state index in [1.165, 1.54) is 14.2 Å². The SMILES string of the molecule is CON(C)C(=O)C(CCC(=O)N(C)CCc1cccc(Cl)c1)NC(=O)C(CC1CCCCC1)NC(=O)O. The average Bonchev–Trinajstić information content (AvgIpc) is 2.88. The van der Waals surface area contributed by atoms with Crippen LogP contribution in [0.4, 0.5) is 4.79 Å². The third-order valence-corrected chi connectivity index (χ3v) is 7.04. The van der Waals surface area contributed by atoms with Gasteiger partial charge in [0.2, 0.25) is 11.8 Å². The quantitative estimate of drug-likeness (QED) is 0.331. The topological polar surface area (TPSA) is 128 Å². The highest BCUT2D eigenvalue weighted by Crippen LogP contribution is 2.27. The summed E-state index contributed by atoms with van der Waals surface area (Å²) in [4.78, 5) is 56.7. The standard InChI is InChI=1S/C26H39ClN4O6/c1-30(15-14-19-10-7-11-20(27)16-19)23(32)13-12-21(25(34)31(2)37-3)28-24(33)22(29-26(35)36)17-18-8-5-4-6-9-18/h7,10-11,16,18,21-22,29H,4-6,8-9,12-15,17H2,1-3H3,(H,28,33)(H,35,36). The molecule has 2 rings (SSSR count). The monoisotopic (exact) mass is 538 g/mol. The minimum absolute atomic E-state index is 0.0138. The number of benzene rings is 1. The maximum absolute atomic E-state index is 13.1. The van der Waals surface area contributed by atoms with Crippen molar-refractivity contribution in [3.8, 4) is 0 Å². The Kier molecular flexibility index (Phi) is 12.7. The van der Waals surface area contributed by atoms with Crippen LogP contribution in [0.3, 0.4) is 0 Å². The van der Waals surface area contributed by atoms with Crippen LogP contribution in [0.5, 0.6) is 0 Å². The van der Waals surface area contributed by atoms with Crippen molar-refractivity contribution in [1.29, 1.82) is 0 Å². The fourth-order valence-electron chi connectivity index (χ4n) is 4.55. The van der Waals surface area contributed by atoms with Crippen LogP contribution in [0.1, 0.15) is 56.9 Å². The maximum atomic E-state index is 13.1. The summed E-state index contributed by atoms with van der Waals surface area (Å²) in [6.07, 6.45) is 4.87. The number of likely N-dealkylation sites (N-methyl/N-ethyl adjacent to an activating group) is 2. The molecule has 0 saturated heterocycles. The molecule has 1 saturated carbocycles. The molecule has 11 heteroatoms. The molecule has 0 spiro atoms. The van der Waals surface area contributed by atoms with Gasteiger partial charge < -0.3 is 20.6 Å². The molecule has 37 heavy (non-hydrogen) atoms. The number of carboxylic acid groups (broad SMARTS) is 1. The van der Waals surface area contributed by atoms with E-state index in [1.54, 1.807) is 18.0 Å². The predicted molar refractivity (Wildman–Crippen MR) is 140 cm³/mol. The molecule has 1 aliphatic rings. The van der Waals surface area contributed by atoms with Gasteiger partial charge in [0.25, 0.3) is 5.91 Å². The Morgan fingerprint density at radius 3 is 2.43 bits per heavy atom. The molecule has 0 aromatic heterocycles. The molecule has 1 aromatic rings. The van der Waals surface area contributed by atoms with E-state index in [-0.39, 0.29) is 24.7 Å². The summed E-state index contributed by atoms with van der Waals surface area (Å²) in [5.41, 5.74) is 1.00. The highest BCUT2D eigenvalue weighted by Gasteiger charge is 2.31. The number of carbonyl (C=O) groups excluding carboxylic acids is 3. The number of rotatable bonds is 13. The summed E-state index contributed by atoms with van der Waals surface area (Å²) in [5.74, 6) is -1.06. The smallest absolute Gasteiger partial charge is 0.405 e. The van der Waals surface area contributed by atoms with E-state index in [1.807, 2.05) is 18.2 Å². The van der Waals surface area contributed by atoms with Crippen molar-refractivity contribution in [3.63, 3.8) is 0 Å². The molecule has 0 aliphatic heterocycles. The van der Waals surface area contributed by atoms with Crippen LogP contribution in [0.25, 0.3) is 0 Å². The molecule has 2 unspecified atom stereocenters. The van der Waals surface area contributed by atoms with Gasteiger partial charge in [0.1, 0.15) is 12.1 Å². The van der Waals surface area contributed by atoms with Crippen molar-refractivity contribution in [2.45, 2.75) is 69.9 Å². The van der Waals surface area contributed by atoms with Crippen molar-refractivity contribution in [3.05, 3.63) is 34.9 Å². The second kappa shape index (κ2) is 15.4. The van der Waals surface area contributed by atoms with Crippen LogP contribution < -0.4 is 10.6 Å². The first-order valence-electron chi connectivity index (χ1n) is 12.7. The van der Waals surface area contributed by atoms with Crippen LogP contribution in [0.2, 0.25) is 5.02 Å². The number of hydrogen-bond donors (Lipinski definition) is 3. The second-order valence-corrected chi connectivity index (χ2v) is 9.99. The van der Waals surface area contributed by atoms with E-state index in [2.05, 4.69) is 10.6 Å². The fraction of sp³-hybridized carbons (Fsp3) is 0.615. The molecule has 1 aromatic carbocycles. The molecule has 2 atom stereocenters. The average molecular weight is 539 g/mol. The molecule has 206 valence electrons. The normalized spacial score (nSPS) is 15.4. The lowest BCUT2D eigenvalue weighted by atomic mass is 9.84. The van der Waals surface area contributed by atoms with Crippen LogP contribution >= 0.6 is 11.6 Å². The minimum Gasteiger partial charge on any atom is -0.465 e. The van der Waals surface area contributed by atoms with E-state index in [0.717, 1.165) is 42.7 Å². The number of nitrogens with zero attached hydrogens (tertiary/aromatic N) is 2. The molecular weight excluding hydrogens is 500 g/mol. The highest BCUT2D eigenvalue weighted by atomic mass is 35.5. The summed E-state index contributed by atoms with van der Waals surface area (Å²) in [7, 11) is 4.42. The number of halogens is 1. The first-order valence-corrected chi connectivity index (χ1v) is 13.1. The third kappa shape index (κ3) is 10.6. The highest BCUT2D eigenvalue weighted by molar-refractivity contribution is 6.30. The lowest BCUT2D eigenvalue weighted by Gasteiger charge is -2.28. The van der Waals surface area contributed by atoms with Gasteiger partial charge in [0.05, 0.1) is 7.11 Å². The van der Waals surface area contributed by atoms with E-state index in [9.17, 15) is 24.3 Å². The Balaban J connectivity index is 2.00. The molecule has 0 heterocycles. The molecule has 0 bridgehead atoms. The summed E-state index contributed by atoms with van der Waals surface area (Å²) in [6.45, 7) is 0.466. The molecule has 10 nitrogen and oxygen atoms in total. The molecule has 1 fully saturated rings. The van der Waals surface area contributed by atoms with Crippen molar-refractivity contribution in [1.82, 2.24) is 20.6 Å². The number of carbonyl (C=O) groups is 4. The van der Waals surface area contributed by atoms with Gasteiger partial charge in [0.15, 0.2) is 0 Å². The number of hydrogen-bond acceptors (Lipinski definition) is 5. The Morgan fingerprint density at radius 1 is 1.11 bits per heavy atom. The van der Waals surface area contributed by atoms with Crippen LogP contribution in [-0.2, 0) is 25.6 Å². The number of nitrogens with one attached hydrogen (secondary N) is 2. The predicted octanol–water partition coefficient (Wildman–Crippen LogP) is 3.23. The van der Waals surface area contributed by atoms with Gasteiger partial charge in [-0.1, -0.05) is 55.8 Å². The van der Waals surface area contributed by atoms with Crippen molar-refractivity contribution < 1.29 is 29.1 Å². The largest absolute Gasteiger partial charge is 0.465 e. The van der Waals surface area contributed by atoms with Crippen LogP contribution in [0.15, 0.2) is 24.3 Å². The number of amides is 4. The first kappa shape index (κ1) is 30.4. The van der Waals surface area contributed by atoms with Crippen LogP contribution in [0, 0.1) is 5.92 Å². The second-order valence-electron chi connectivity index (χ2n) is 9.56. The van der Waals surface area contributed by atoms with Gasteiger partial charge in [-0.25, -0.2) is 9.86 Å². The zero-order valence-corrected chi connectivity index (χ0v) is 22.6. The molecule has 0 radical (unpaired) electrons. The molecule has 1 aliphatic carbocycles. The zero-order chi connectivity index (χ0) is 27.4. The summed E-state index contributed by atoms with van der Waals surface area (Å²) >= 11 is 6.02. The Morgan fingerprint density at radius 2 is 1.81 bits per heavy atom. The van der Waals surface area contributed by atoms with E-state index in [0.29, 0.717) is 24.4 Å². The van der Waals surface area contributed by atoms with Crippen LogP contribution in [-0.4, -0.2) is 78.7 Å². The van der Waals surface area contributed by atoms with Gasteiger partial charge in [0, 0.05) is 32.1 Å². The summed E-state index contributed by atoms with van der Waals surface area (Å²) in [6, 6.07) is 5.38. The minimum atomic E-state index is -1.30. The third-order valence-electron chi connectivity index (χ3n) is 6.80. The van der Waals surface area contributed by atoms with Gasteiger partial charge >= 0.3 is 6.09 Å². The van der Waals surface area contributed by atoms with Gasteiger partial charge in [-0.2, -0.15) is 0 Å². The Hall–Kier alpha value is -2.85. The summed E-state index contributed by atoms with van der Waals surface area (Å²) in [5, 5.41) is 15.8. The van der Waals surface area contributed by atoms with Crippen molar-refractivity contribution in [2.24, 2.45) is 5.92 Å². The molecule has 3 N–H and O–H groups in total. The maximum Gasteiger partial charge on any atom is 0.405 e. The lowest BCUT2D eigenvalue weighted by molar-refractivity contribution is -0.172. The Labute approximate surface area is 223 Å². The van der Waals surface area contributed by atoms with E-state index in [4.69, 9.17) is 16.4 Å². The molecule has 4 amide bonds. The molecular formula is C26H39ClN4O6. The fourth-order valence-corrected chi connectivity index (χ4v) is 4.76. The zero-order valence-electron chi connectivity index (χ0n) is 21.9. The van der Waals surface area contributed by atoms with Gasteiger partial charge in [-0.05, 0) is 42.9 Å². The van der Waals surface area contributed by atoms with E-state index >= 15 is 0 Å². The van der Waals surface area contributed by atoms with E-state index < -0.39 is 30.0 Å². The number of hydroxylamine groups is 2. The van der Waals surface area contributed by atoms with Gasteiger partial charge in [-0.3, -0.25) is 19.2 Å². The lowest BCUT2D eigenvalue weighted by Crippen LogP contribution is -2.54. The summed E-state index contributed by atoms with van der Waals surface area (Å²) < 4.78 is 0. The van der Waals surface area contributed by atoms with Gasteiger partial charge in [-0.15, -0.1) is 0 Å². The first-order chi connectivity index (χ1) is 17.6. The Bertz CT molecular complexity index is 924. The van der Waals surface area contributed by atoms with Crippen molar-refractivity contribution in [2.75, 3.05) is 27.7 Å². The van der Waals surface area contributed by atoms with Crippen molar-refractivity contribution >= 4 is 35.4 Å².